The van der Waals surface area contributed by atoms with Crippen molar-refractivity contribution in [3.05, 3.63) is 23.1 Å². The zero-order valence-corrected chi connectivity index (χ0v) is 7.62. The summed E-state index contributed by atoms with van der Waals surface area (Å²) in [5, 5.41) is 10.5. The van der Waals surface area contributed by atoms with Gasteiger partial charge >= 0.3 is 0 Å². The number of H-pyrrole nitrogens is 1. The lowest BCUT2D eigenvalue weighted by atomic mass is 10.5. The van der Waals surface area contributed by atoms with Crippen molar-refractivity contribution in [2.45, 2.75) is 0 Å². The van der Waals surface area contributed by atoms with Gasteiger partial charge in [0.2, 0.25) is 0 Å². The van der Waals surface area contributed by atoms with E-state index in [4.69, 9.17) is 5.73 Å². The van der Waals surface area contributed by atoms with Gasteiger partial charge in [0.1, 0.15) is 11.5 Å². The predicted molar refractivity (Wildman–Crippen MR) is 47.8 cm³/mol. The van der Waals surface area contributed by atoms with Gasteiger partial charge in [0.05, 0.1) is 16.9 Å². The normalized spacial score (nSPS) is 10.4. The molecule has 0 aromatic carbocycles. The summed E-state index contributed by atoms with van der Waals surface area (Å²) in [6, 6.07) is 0. The van der Waals surface area contributed by atoms with Crippen LogP contribution >= 0.6 is 15.9 Å². The Balaban J connectivity index is 2.50. The Morgan fingerprint density at radius 1 is 1.50 bits per heavy atom. The predicted octanol–water partition coefficient (Wildman–Crippen LogP) is 0.940. The molecule has 0 atom stereocenters. The average molecular weight is 228 g/mol. The van der Waals surface area contributed by atoms with Crippen LogP contribution < -0.4 is 5.73 Å². The second-order valence-corrected chi connectivity index (χ2v) is 3.19. The van der Waals surface area contributed by atoms with Gasteiger partial charge in [0, 0.05) is 6.20 Å². The molecule has 62 valence electrons. The molecule has 0 amide bonds. The molecular weight excluding hydrogens is 222 g/mol. The van der Waals surface area contributed by atoms with Crippen LogP contribution in [0.2, 0.25) is 0 Å². The maximum Gasteiger partial charge on any atom is 0.145 e. The summed E-state index contributed by atoms with van der Waals surface area (Å²) in [7, 11) is 0. The molecule has 0 aliphatic rings. The summed E-state index contributed by atoms with van der Waals surface area (Å²) in [4.78, 5) is 0. The van der Waals surface area contributed by atoms with Crippen molar-refractivity contribution in [2.24, 2.45) is 0 Å². The Bertz CT molecular complexity index is 390. The number of nitrogens with one attached hydrogen (secondary N) is 1. The maximum atomic E-state index is 5.59. The first-order valence-electron chi connectivity index (χ1n) is 3.27. The van der Waals surface area contributed by atoms with E-state index >= 15 is 0 Å². The summed E-state index contributed by atoms with van der Waals surface area (Å²) in [5.74, 6) is 0.505. The Kier molecular flexibility index (Phi) is 1.61. The molecule has 5 nitrogen and oxygen atoms in total. The number of hydrogen-bond donors (Lipinski definition) is 2. The minimum absolute atomic E-state index is 0.505. The summed E-state index contributed by atoms with van der Waals surface area (Å²) < 4.78 is 2.55. The topological polar surface area (TPSA) is 72.5 Å². The molecule has 2 aromatic rings. The quantitative estimate of drug-likeness (QED) is 0.762. The van der Waals surface area contributed by atoms with Crippen molar-refractivity contribution in [1.82, 2.24) is 20.0 Å². The van der Waals surface area contributed by atoms with Gasteiger partial charge in [0.25, 0.3) is 0 Å². The van der Waals surface area contributed by atoms with Crippen LogP contribution in [0, 0.1) is 0 Å². The minimum Gasteiger partial charge on any atom is -0.382 e. The van der Waals surface area contributed by atoms with E-state index < -0.39 is 0 Å². The van der Waals surface area contributed by atoms with Crippen molar-refractivity contribution in [3.63, 3.8) is 0 Å². The first-order valence-corrected chi connectivity index (χ1v) is 4.06. The van der Waals surface area contributed by atoms with Gasteiger partial charge in [-0.1, -0.05) is 0 Å². The molecule has 2 heterocycles. The Morgan fingerprint density at radius 2 is 2.33 bits per heavy atom. The van der Waals surface area contributed by atoms with Crippen molar-refractivity contribution in [3.8, 4) is 5.69 Å². The van der Waals surface area contributed by atoms with Crippen molar-refractivity contribution >= 4 is 21.7 Å². The number of nitrogens with two attached hydrogens (primary N) is 1. The first kappa shape index (κ1) is 7.35. The molecule has 6 heteroatoms. The van der Waals surface area contributed by atoms with Crippen LogP contribution in [0.15, 0.2) is 23.1 Å². The van der Waals surface area contributed by atoms with Crippen LogP contribution in [-0.4, -0.2) is 20.0 Å². The molecule has 0 radical (unpaired) electrons. The second kappa shape index (κ2) is 2.63. The molecule has 2 rings (SSSR count). The van der Waals surface area contributed by atoms with E-state index in [-0.39, 0.29) is 0 Å². The standard InChI is InChI=1S/C6H6BrN5/c7-4-1-10-12(3-4)5-2-9-11-6(5)8/h1-3H,(H3,8,9,11). The van der Waals surface area contributed by atoms with E-state index in [0.717, 1.165) is 10.2 Å². The molecule has 0 saturated heterocycles. The highest BCUT2D eigenvalue weighted by Crippen LogP contribution is 2.15. The number of anilines is 1. The molecule has 0 unspecified atom stereocenters. The Hall–Kier alpha value is -1.30. The lowest BCUT2D eigenvalue weighted by Crippen LogP contribution is -1.97. The van der Waals surface area contributed by atoms with Gasteiger partial charge in [0.15, 0.2) is 0 Å². The van der Waals surface area contributed by atoms with Gasteiger partial charge in [-0.2, -0.15) is 10.2 Å². The molecule has 0 bridgehead atoms. The van der Waals surface area contributed by atoms with Gasteiger partial charge in [-0.15, -0.1) is 0 Å². The van der Waals surface area contributed by atoms with E-state index in [0.29, 0.717) is 5.82 Å². The van der Waals surface area contributed by atoms with Crippen LogP contribution in [0.1, 0.15) is 0 Å². The molecule has 0 aliphatic heterocycles. The van der Waals surface area contributed by atoms with Gasteiger partial charge < -0.3 is 5.73 Å². The number of halogens is 1. The number of nitrogen functional groups attached to an aromatic ring is 1. The van der Waals surface area contributed by atoms with Crippen LogP contribution in [0.4, 0.5) is 5.82 Å². The lowest BCUT2D eigenvalue weighted by molar-refractivity contribution is 0.883. The van der Waals surface area contributed by atoms with E-state index in [1.54, 1.807) is 23.3 Å². The number of rotatable bonds is 1. The second-order valence-electron chi connectivity index (χ2n) is 2.27. The number of aromatic nitrogens is 4. The molecule has 0 spiro atoms. The summed E-state index contributed by atoms with van der Waals surface area (Å²) in [6.45, 7) is 0. The van der Waals surface area contributed by atoms with Crippen molar-refractivity contribution in [2.75, 3.05) is 5.73 Å². The van der Waals surface area contributed by atoms with E-state index in [2.05, 4.69) is 31.2 Å². The zero-order valence-electron chi connectivity index (χ0n) is 6.03. The molecule has 2 aromatic heterocycles. The smallest absolute Gasteiger partial charge is 0.145 e. The minimum atomic E-state index is 0.505. The van der Waals surface area contributed by atoms with Crippen molar-refractivity contribution < 1.29 is 0 Å². The zero-order chi connectivity index (χ0) is 8.55. The Morgan fingerprint density at radius 3 is 2.83 bits per heavy atom. The van der Waals surface area contributed by atoms with Crippen LogP contribution in [0.25, 0.3) is 5.69 Å². The van der Waals surface area contributed by atoms with Gasteiger partial charge in [-0.3, -0.25) is 5.10 Å². The number of aromatic amines is 1. The first-order chi connectivity index (χ1) is 5.77. The molecular formula is C6H6BrN5. The summed E-state index contributed by atoms with van der Waals surface area (Å²) in [6.07, 6.45) is 5.11. The van der Waals surface area contributed by atoms with Crippen LogP contribution in [-0.2, 0) is 0 Å². The maximum absolute atomic E-state index is 5.59. The molecule has 0 fully saturated rings. The molecule has 0 aliphatic carbocycles. The highest BCUT2D eigenvalue weighted by molar-refractivity contribution is 9.10. The van der Waals surface area contributed by atoms with E-state index in [9.17, 15) is 0 Å². The molecule has 0 saturated carbocycles. The monoisotopic (exact) mass is 227 g/mol. The summed E-state index contributed by atoms with van der Waals surface area (Å²) >= 11 is 3.29. The van der Waals surface area contributed by atoms with E-state index in [1.165, 1.54) is 0 Å². The fourth-order valence-electron chi connectivity index (χ4n) is 0.905. The van der Waals surface area contributed by atoms with Gasteiger partial charge in [-0.05, 0) is 15.9 Å². The fraction of sp³-hybridized carbons (Fsp3) is 0. The third-order valence-corrected chi connectivity index (χ3v) is 1.86. The number of nitrogens with zero attached hydrogens (tertiary/aromatic N) is 3. The third-order valence-electron chi connectivity index (χ3n) is 1.45. The Labute approximate surface area is 76.7 Å². The average Bonchev–Trinajstić information content (AvgIpc) is 2.58. The molecule has 12 heavy (non-hydrogen) atoms. The summed E-state index contributed by atoms with van der Waals surface area (Å²) in [5.41, 5.74) is 6.34. The lowest BCUT2D eigenvalue weighted by Gasteiger charge is -1.95. The van der Waals surface area contributed by atoms with Crippen molar-refractivity contribution in [1.29, 1.82) is 0 Å². The van der Waals surface area contributed by atoms with Gasteiger partial charge in [-0.25, -0.2) is 4.68 Å². The fourth-order valence-corrected chi connectivity index (χ4v) is 1.19. The van der Waals surface area contributed by atoms with Crippen LogP contribution in [0.3, 0.4) is 0 Å². The highest BCUT2D eigenvalue weighted by Gasteiger charge is 2.03. The van der Waals surface area contributed by atoms with E-state index in [1.807, 2.05) is 0 Å². The third kappa shape index (κ3) is 1.10. The molecule has 3 N–H and O–H groups in total. The SMILES string of the molecule is Nc1[nH]ncc1-n1cc(Br)cn1. The number of hydrogen-bond acceptors (Lipinski definition) is 3. The largest absolute Gasteiger partial charge is 0.382 e. The van der Waals surface area contributed by atoms with Crippen LogP contribution in [0.5, 0.6) is 0 Å². The highest BCUT2D eigenvalue weighted by atomic mass is 79.9.